The van der Waals surface area contributed by atoms with E-state index in [1.807, 2.05) is 13.8 Å². The average molecular weight is 326 g/mol. The van der Waals surface area contributed by atoms with Gasteiger partial charge in [-0.1, -0.05) is 23.2 Å². The number of hydrogen-bond donors (Lipinski definition) is 0. The molecular formula is C15H17Cl2N3O. The first-order valence-electron chi connectivity index (χ1n) is 6.75. The molecule has 1 heterocycles. The SMILES string of the molecule is CC(C)(C#N)N1CCN(C(=O)c2cc(Cl)cc(Cl)c2)CC1. The largest absolute Gasteiger partial charge is 0.336 e. The molecule has 1 fully saturated rings. The molecule has 0 spiro atoms. The Morgan fingerprint density at radius 3 is 2.14 bits per heavy atom. The van der Waals surface area contributed by atoms with Gasteiger partial charge in [0.2, 0.25) is 0 Å². The molecule has 1 amide bonds. The molecule has 0 N–H and O–H groups in total. The molecule has 1 aliphatic rings. The predicted octanol–water partition coefficient (Wildman–Crippen LogP) is 3.05. The summed E-state index contributed by atoms with van der Waals surface area (Å²) in [5.41, 5.74) is -0.00500. The monoisotopic (exact) mass is 325 g/mol. The Morgan fingerprint density at radius 2 is 1.67 bits per heavy atom. The second-order valence-corrected chi connectivity index (χ2v) is 6.48. The van der Waals surface area contributed by atoms with Gasteiger partial charge in [0.15, 0.2) is 0 Å². The van der Waals surface area contributed by atoms with Gasteiger partial charge < -0.3 is 4.90 Å². The van der Waals surface area contributed by atoms with Gasteiger partial charge in [0.05, 0.1) is 6.07 Å². The summed E-state index contributed by atoms with van der Waals surface area (Å²) in [6.07, 6.45) is 0. The van der Waals surface area contributed by atoms with E-state index in [1.165, 1.54) is 0 Å². The van der Waals surface area contributed by atoms with Gasteiger partial charge in [0.1, 0.15) is 5.54 Å². The molecule has 0 saturated carbocycles. The van der Waals surface area contributed by atoms with Crippen molar-refractivity contribution in [1.82, 2.24) is 9.80 Å². The van der Waals surface area contributed by atoms with E-state index >= 15 is 0 Å². The number of amides is 1. The molecule has 0 radical (unpaired) electrons. The van der Waals surface area contributed by atoms with Crippen molar-refractivity contribution in [3.63, 3.8) is 0 Å². The summed E-state index contributed by atoms with van der Waals surface area (Å²) < 4.78 is 0. The first kappa shape index (κ1) is 16.1. The van der Waals surface area contributed by atoms with Crippen LogP contribution in [-0.4, -0.2) is 47.4 Å². The Hall–Kier alpha value is -1.28. The van der Waals surface area contributed by atoms with Crippen LogP contribution in [0.1, 0.15) is 24.2 Å². The number of piperazine rings is 1. The van der Waals surface area contributed by atoms with Crippen molar-refractivity contribution < 1.29 is 4.79 Å². The van der Waals surface area contributed by atoms with Crippen molar-refractivity contribution in [3.05, 3.63) is 33.8 Å². The van der Waals surface area contributed by atoms with Gasteiger partial charge in [-0.3, -0.25) is 9.69 Å². The van der Waals surface area contributed by atoms with Crippen molar-refractivity contribution in [1.29, 1.82) is 5.26 Å². The highest BCUT2D eigenvalue weighted by atomic mass is 35.5. The molecule has 2 rings (SSSR count). The van der Waals surface area contributed by atoms with Crippen LogP contribution in [0.25, 0.3) is 0 Å². The molecule has 1 saturated heterocycles. The number of benzene rings is 1. The van der Waals surface area contributed by atoms with Gasteiger partial charge in [-0.2, -0.15) is 5.26 Å². The van der Waals surface area contributed by atoms with E-state index < -0.39 is 5.54 Å². The van der Waals surface area contributed by atoms with Gasteiger partial charge in [-0.25, -0.2) is 0 Å². The van der Waals surface area contributed by atoms with Gasteiger partial charge in [-0.15, -0.1) is 0 Å². The molecule has 0 bridgehead atoms. The van der Waals surface area contributed by atoms with E-state index in [-0.39, 0.29) is 5.91 Å². The van der Waals surface area contributed by atoms with E-state index in [9.17, 15) is 4.79 Å². The normalized spacial score (nSPS) is 16.6. The average Bonchev–Trinajstić information content (AvgIpc) is 2.45. The maximum Gasteiger partial charge on any atom is 0.254 e. The lowest BCUT2D eigenvalue weighted by atomic mass is 10.0. The maximum absolute atomic E-state index is 12.5. The van der Waals surface area contributed by atoms with Crippen LogP contribution in [0.5, 0.6) is 0 Å². The summed E-state index contributed by atoms with van der Waals surface area (Å²) in [5, 5.41) is 10.1. The van der Waals surface area contributed by atoms with Crippen molar-refractivity contribution >= 4 is 29.1 Å². The second-order valence-electron chi connectivity index (χ2n) is 5.61. The molecule has 112 valence electrons. The van der Waals surface area contributed by atoms with Crippen LogP contribution >= 0.6 is 23.2 Å². The lowest BCUT2D eigenvalue weighted by molar-refractivity contribution is 0.0521. The fourth-order valence-electron chi connectivity index (χ4n) is 2.40. The zero-order chi connectivity index (χ0) is 15.6. The standard InChI is InChI=1S/C15H17Cl2N3O/c1-15(2,10-18)20-5-3-19(4-6-20)14(21)11-7-12(16)9-13(17)8-11/h7-9H,3-6H2,1-2H3. The van der Waals surface area contributed by atoms with Gasteiger partial charge in [0.25, 0.3) is 5.91 Å². The Morgan fingerprint density at radius 1 is 1.14 bits per heavy atom. The summed E-state index contributed by atoms with van der Waals surface area (Å²) in [5.74, 6) is -0.0752. The molecule has 1 aromatic rings. The quantitative estimate of drug-likeness (QED) is 0.839. The molecule has 0 aromatic heterocycles. The minimum absolute atomic E-state index is 0.0752. The molecule has 0 unspecified atom stereocenters. The first-order valence-corrected chi connectivity index (χ1v) is 7.51. The van der Waals surface area contributed by atoms with Crippen molar-refractivity contribution in [3.8, 4) is 6.07 Å². The molecule has 0 aliphatic carbocycles. The Bertz CT molecular complexity index is 567. The first-order chi connectivity index (χ1) is 9.83. The molecular weight excluding hydrogens is 309 g/mol. The lowest BCUT2D eigenvalue weighted by Crippen LogP contribution is -2.55. The number of carbonyl (C=O) groups is 1. The Balaban J connectivity index is 2.05. The van der Waals surface area contributed by atoms with E-state index in [2.05, 4.69) is 11.0 Å². The van der Waals surface area contributed by atoms with E-state index in [0.29, 0.717) is 41.8 Å². The maximum atomic E-state index is 12.5. The van der Waals surface area contributed by atoms with E-state index in [0.717, 1.165) is 0 Å². The van der Waals surface area contributed by atoms with Crippen molar-refractivity contribution in [2.45, 2.75) is 19.4 Å². The topological polar surface area (TPSA) is 47.3 Å². The van der Waals surface area contributed by atoms with Crippen LogP contribution in [0.4, 0.5) is 0 Å². The highest BCUT2D eigenvalue weighted by Gasteiger charge is 2.31. The molecule has 1 aromatic carbocycles. The zero-order valence-corrected chi connectivity index (χ0v) is 13.6. The Labute approximate surface area is 134 Å². The highest BCUT2D eigenvalue weighted by molar-refractivity contribution is 6.35. The predicted molar refractivity (Wildman–Crippen MR) is 83.6 cm³/mol. The number of nitrogens with zero attached hydrogens (tertiary/aromatic N) is 3. The van der Waals surface area contributed by atoms with Gasteiger partial charge >= 0.3 is 0 Å². The van der Waals surface area contributed by atoms with Crippen LogP contribution in [-0.2, 0) is 0 Å². The molecule has 4 nitrogen and oxygen atoms in total. The molecule has 1 aliphatic heterocycles. The van der Waals surface area contributed by atoms with Crippen LogP contribution in [0.2, 0.25) is 10.0 Å². The lowest BCUT2D eigenvalue weighted by Gasteiger charge is -2.40. The third-order valence-electron chi connectivity index (χ3n) is 3.74. The summed E-state index contributed by atoms with van der Waals surface area (Å²) in [6.45, 7) is 6.33. The van der Waals surface area contributed by atoms with E-state index in [4.69, 9.17) is 28.5 Å². The van der Waals surface area contributed by atoms with Crippen LogP contribution < -0.4 is 0 Å². The van der Waals surface area contributed by atoms with Crippen molar-refractivity contribution in [2.75, 3.05) is 26.2 Å². The zero-order valence-electron chi connectivity index (χ0n) is 12.1. The van der Waals surface area contributed by atoms with Crippen LogP contribution in [0.15, 0.2) is 18.2 Å². The van der Waals surface area contributed by atoms with Gasteiger partial charge in [0, 0.05) is 41.8 Å². The summed E-state index contributed by atoms with van der Waals surface area (Å²) in [4.78, 5) is 16.3. The number of nitriles is 1. The molecule has 0 atom stereocenters. The van der Waals surface area contributed by atoms with Crippen LogP contribution in [0.3, 0.4) is 0 Å². The van der Waals surface area contributed by atoms with Gasteiger partial charge in [-0.05, 0) is 32.0 Å². The van der Waals surface area contributed by atoms with Crippen LogP contribution in [0, 0.1) is 11.3 Å². The summed E-state index contributed by atoms with van der Waals surface area (Å²) >= 11 is 11.9. The second kappa shape index (κ2) is 6.23. The Kier molecular flexibility index (Phi) is 4.77. The fourth-order valence-corrected chi connectivity index (χ4v) is 2.93. The van der Waals surface area contributed by atoms with Crippen molar-refractivity contribution in [2.24, 2.45) is 0 Å². The summed E-state index contributed by atoms with van der Waals surface area (Å²) in [7, 11) is 0. The minimum atomic E-state index is -0.505. The fraction of sp³-hybridized carbons (Fsp3) is 0.467. The highest BCUT2D eigenvalue weighted by Crippen LogP contribution is 2.22. The summed E-state index contributed by atoms with van der Waals surface area (Å²) in [6, 6.07) is 7.15. The minimum Gasteiger partial charge on any atom is -0.336 e. The number of carbonyl (C=O) groups excluding carboxylic acids is 1. The van der Waals surface area contributed by atoms with E-state index in [1.54, 1.807) is 23.1 Å². The number of rotatable bonds is 2. The number of halogens is 2. The molecule has 21 heavy (non-hydrogen) atoms. The third kappa shape index (κ3) is 3.68. The number of hydrogen-bond acceptors (Lipinski definition) is 3. The molecule has 6 heteroatoms. The third-order valence-corrected chi connectivity index (χ3v) is 4.18. The smallest absolute Gasteiger partial charge is 0.254 e.